The van der Waals surface area contributed by atoms with Crippen molar-refractivity contribution in [1.82, 2.24) is 0 Å². The summed E-state index contributed by atoms with van der Waals surface area (Å²) in [7, 11) is 0. The Kier molecular flexibility index (Phi) is 6.76. The molecule has 1 amide bonds. The van der Waals surface area contributed by atoms with Crippen molar-refractivity contribution in [2.24, 2.45) is 0 Å². The lowest BCUT2D eigenvalue weighted by atomic mass is 10.1. The zero-order chi connectivity index (χ0) is 17.5. The number of rotatable bonds is 7. The van der Waals surface area contributed by atoms with Crippen LogP contribution in [0.25, 0.3) is 0 Å². The van der Waals surface area contributed by atoms with Crippen molar-refractivity contribution in [3.63, 3.8) is 0 Å². The van der Waals surface area contributed by atoms with Crippen molar-refractivity contribution in [1.29, 1.82) is 0 Å². The van der Waals surface area contributed by atoms with E-state index in [0.29, 0.717) is 46.0 Å². The third kappa shape index (κ3) is 4.79. The van der Waals surface area contributed by atoms with E-state index >= 15 is 0 Å². The number of hydrogen-bond donors (Lipinski definition) is 1. The van der Waals surface area contributed by atoms with Gasteiger partial charge in [0.1, 0.15) is 0 Å². The predicted octanol–water partition coefficient (Wildman–Crippen LogP) is 5.43. The molecule has 24 heavy (non-hydrogen) atoms. The van der Waals surface area contributed by atoms with Crippen LogP contribution >= 0.6 is 23.2 Å². The van der Waals surface area contributed by atoms with Gasteiger partial charge in [0, 0.05) is 16.3 Å². The Hall–Kier alpha value is -1.91. The van der Waals surface area contributed by atoms with Crippen LogP contribution < -0.4 is 14.8 Å². The number of hydrogen-bond acceptors (Lipinski definition) is 3. The van der Waals surface area contributed by atoms with E-state index in [9.17, 15) is 4.79 Å². The van der Waals surface area contributed by atoms with Crippen LogP contribution in [-0.4, -0.2) is 19.1 Å². The summed E-state index contributed by atoms with van der Waals surface area (Å²) in [6, 6.07) is 10.1. The summed E-state index contributed by atoms with van der Waals surface area (Å²) >= 11 is 12.1. The minimum atomic E-state index is -0.290. The van der Waals surface area contributed by atoms with Crippen molar-refractivity contribution in [3.8, 4) is 11.5 Å². The van der Waals surface area contributed by atoms with Gasteiger partial charge in [0.2, 0.25) is 0 Å². The van der Waals surface area contributed by atoms with Gasteiger partial charge in [-0.2, -0.15) is 0 Å². The highest BCUT2D eigenvalue weighted by Gasteiger charge is 2.16. The Balaban J connectivity index is 2.25. The molecule has 0 fully saturated rings. The van der Waals surface area contributed by atoms with Gasteiger partial charge in [-0.3, -0.25) is 4.79 Å². The van der Waals surface area contributed by atoms with Crippen molar-refractivity contribution in [2.75, 3.05) is 18.5 Å². The van der Waals surface area contributed by atoms with E-state index in [1.165, 1.54) is 0 Å². The van der Waals surface area contributed by atoms with E-state index in [4.69, 9.17) is 32.7 Å². The molecule has 2 aromatic rings. The number of amides is 1. The van der Waals surface area contributed by atoms with Crippen molar-refractivity contribution in [2.45, 2.75) is 20.3 Å². The van der Waals surface area contributed by atoms with Gasteiger partial charge in [0.05, 0.1) is 18.2 Å². The van der Waals surface area contributed by atoms with Crippen LogP contribution in [0.2, 0.25) is 10.0 Å². The van der Waals surface area contributed by atoms with Crippen LogP contribution in [0.3, 0.4) is 0 Å². The second-order valence-corrected chi connectivity index (χ2v) is 5.87. The van der Waals surface area contributed by atoms with Gasteiger partial charge in [-0.1, -0.05) is 30.1 Å². The Labute approximate surface area is 151 Å². The number of nitrogens with one attached hydrogen (secondary N) is 1. The molecule has 2 rings (SSSR count). The number of halogens is 2. The minimum Gasteiger partial charge on any atom is -0.490 e. The molecule has 0 atom stereocenters. The van der Waals surface area contributed by atoms with Crippen molar-refractivity contribution >= 4 is 34.8 Å². The molecule has 0 aliphatic rings. The Morgan fingerprint density at radius 2 is 1.79 bits per heavy atom. The Morgan fingerprint density at radius 3 is 2.42 bits per heavy atom. The van der Waals surface area contributed by atoms with Crippen LogP contribution in [0.15, 0.2) is 36.4 Å². The Bertz CT molecular complexity index is 702. The average Bonchev–Trinajstić information content (AvgIpc) is 2.56. The second-order valence-electron chi connectivity index (χ2n) is 5.03. The number of carbonyl (C=O) groups is 1. The molecule has 0 saturated heterocycles. The summed E-state index contributed by atoms with van der Waals surface area (Å²) in [5.41, 5.74) is 1.03. The summed E-state index contributed by atoms with van der Waals surface area (Å²) in [5.74, 6) is 0.630. The van der Waals surface area contributed by atoms with Gasteiger partial charge >= 0.3 is 0 Å². The van der Waals surface area contributed by atoms with Gasteiger partial charge in [-0.15, -0.1) is 0 Å². The topological polar surface area (TPSA) is 47.6 Å². The first-order valence-electron chi connectivity index (χ1n) is 7.71. The van der Waals surface area contributed by atoms with E-state index in [1.54, 1.807) is 36.4 Å². The van der Waals surface area contributed by atoms with Crippen LogP contribution in [0.5, 0.6) is 11.5 Å². The normalized spacial score (nSPS) is 10.3. The number of benzene rings is 2. The molecule has 0 unspecified atom stereocenters. The molecule has 128 valence electrons. The average molecular weight is 368 g/mol. The fraction of sp³-hybridized carbons (Fsp3) is 0.278. The molecule has 6 heteroatoms. The van der Waals surface area contributed by atoms with Gasteiger partial charge in [0.25, 0.3) is 5.91 Å². The Morgan fingerprint density at radius 1 is 1.08 bits per heavy atom. The summed E-state index contributed by atoms with van der Waals surface area (Å²) in [4.78, 5) is 12.4. The molecule has 0 aromatic heterocycles. The second kappa shape index (κ2) is 8.81. The van der Waals surface area contributed by atoms with E-state index in [1.807, 2.05) is 13.8 Å². The summed E-state index contributed by atoms with van der Waals surface area (Å²) in [6.07, 6.45) is 0.848. The summed E-state index contributed by atoms with van der Waals surface area (Å²) in [6.45, 7) is 4.83. The predicted molar refractivity (Wildman–Crippen MR) is 97.8 cm³/mol. The quantitative estimate of drug-likeness (QED) is 0.709. The minimum absolute atomic E-state index is 0.290. The molecule has 0 spiro atoms. The van der Waals surface area contributed by atoms with E-state index in [-0.39, 0.29) is 5.91 Å². The lowest BCUT2D eigenvalue weighted by Gasteiger charge is -2.15. The molecular weight excluding hydrogens is 349 g/mol. The first-order valence-corrected chi connectivity index (χ1v) is 8.46. The fourth-order valence-corrected chi connectivity index (χ4v) is 2.43. The zero-order valence-electron chi connectivity index (χ0n) is 13.6. The first-order chi connectivity index (χ1) is 11.5. The highest BCUT2D eigenvalue weighted by Crippen LogP contribution is 2.37. The summed E-state index contributed by atoms with van der Waals surface area (Å²) in [5, 5.41) is 3.74. The maximum atomic E-state index is 12.4. The SMILES string of the molecule is CCCOc1c(Cl)cc(C(=O)Nc2ccc(Cl)cc2)cc1OCC. The first kappa shape index (κ1) is 18.4. The van der Waals surface area contributed by atoms with E-state index in [0.717, 1.165) is 6.42 Å². The number of anilines is 1. The summed E-state index contributed by atoms with van der Waals surface area (Å²) < 4.78 is 11.2. The lowest BCUT2D eigenvalue weighted by molar-refractivity contribution is 0.102. The lowest BCUT2D eigenvalue weighted by Crippen LogP contribution is -2.12. The largest absolute Gasteiger partial charge is 0.490 e. The molecule has 0 radical (unpaired) electrons. The number of carbonyl (C=O) groups excluding carboxylic acids is 1. The number of ether oxygens (including phenoxy) is 2. The fourth-order valence-electron chi connectivity index (χ4n) is 2.04. The van der Waals surface area contributed by atoms with Crippen molar-refractivity contribution in [3.05, 3.63) is 52.0 Å². The molecule has 0 heterocycles. The molecule has 0 bridgehead atoms. The molecular formula is C18H19Cl2NO3. The van der Waals surface area contributed by atoms with Crippen LogP contribution in [0.4, 0.5) is 5.69 Å². The van der Waals surface area contributed by atoms with Crippen LogP contribution in [0.1, 0.15) is 30.6 Å². The maximum absolute atomic E-state index is 12.4. The molecule has 4 nitrogen and oxygen atoms in total. The molecule has 2 aromatic carbocycles. The van der Waals surface area contributed by atoms with Gasteiger partial charge in [-0.25, -0.2) is 0 Å². The monoisotopic (exact) mass is 367 g/mol. The molecule has 0 aliphatic heterocycles. The third-order valence-electron chi connectivity index (χ3n) is 3.12. The molecule has 1 N–H and O–H groups in total. The molecule has 0 aliphatic carbocycles. The van der Waals surface area contributed by atoms with Crippen LogP contribution in [-0.2, 0) is 0 Å². The van der Waals surface area contributed by atoms with E-state index in [2.05, 4.69) is 5.32 Å². The third-order valence-corrected chi connectivity index (χ3v) is 3.66. The van der Waals surface area contributed by atoms with Crippen molar-refractivity contribution < 1.29 is 14.3 Å². The molecule has 0 saturated carbocycles. The van der Waals surface area contributed by atoms with E-state index < -0.39 is 0 Å². The zero-order valence-corrected chi connectivity index (χ0v) is 15.1. The van der Waals surface area contributed by atoms with Gasteiger partial charge < -0.3 is 14.8 Å². The smallest absolute Gasteiger partial charge is 0.255 e. The van der Waals surface area contributed by atoms with Crippen LogP contribution in [0, 0.1) is 0 Å². The highest BCUT2D eigenvalue weighted by molar-refractivity contribution is 6.33. The standard InChI is InChI=1S/C18H19Cl2NO3/c1-3-9-24-17-15(20)10-12(11-16(17)23-4-2)18(22)21-14-7-5-13(19)6-8-14/h5-8,10-11H,3-4,9H2,1-2H3,(H,21,22). The maximum Gasteiger partial charge on any atom is 0.255 e. The van der Waals surface area contributed by atoms with Gasteiger partial charge in [0.15, 0.2) is 11.5 Å². The highest BCUT2D eigenvalue weighted by atomic mass is 35.5. The van der Waals surface area contributed by atoms with Gasteiger partial charge in [-0.05, 0) is 49.7 Å².